The van der Waals surface area contributed by atoms with Gasteiger partial charge in [0.2, 0.25) is 0 Å². The van der Waals surface area contributed by atoms with Gasteiger partial charge in [0, 0.05) is 11.4 Å². The van der Waals surface area contributed by atoms with Gasteiger partial charge in [0.15, 0.2) is 0 Å². The van der Waals surface area contributed by atoms with Crippen molar-refractivity contribution < 1.29 is 12.6 Å². The maximum atomic E-state index is 10.2. The first-order valence-electron chi connectivity index (χ1n) is 4.48. The minimum absolute atomic E-state index is 0.201. The lowest BCUT2D eigenvalue weighted by Crippen LogP contribution is -1.96. The molecule has 1 aromatic carbocycles. The van der Waals surface area contributed by atoms with Gasteiger partial charge in [-0.2, -0.15) is 8.42 Å². The van der Waals surface area contributed by atoms with E-state index in [1.54, 1.807) is 24.3 Å². The second-order valence-electron chi connectivity index (χ2n) is 3.10. The van der Waals surface area contributed by atoms with Gasteiger partial charge in [-0.25, -0.2) is 0 Å². The van der Waals surface area contributed by atoms with Crippen LogP contribution in [0.2, 0.25) is 0 Å². The lowest BCUT2D eigenvalue weighted by atomic mass is 10.3. The van der Waals surface area contributed by atoms with E-state index in [4.69, 9.17) is 11.5 Å². The third-order valence-corrected chi connectivity index (χ3v) is 3.05. The summed E-state index contributed by atoms with van der Waals surface area (Å²) in [6.07, 6.45) is 0.655. The number of rotatable bonds is 0. The number of hydrogen-bond acceptors (Lipinski definition) is 5. The molecule has 1 saturated heterocycles. The van der Waals surface area contributed by atoms with Gasteiger partial charge in [-0.15, -0.1) is 0 Å². The summed E-state index contributed by atoms with van der Waals surface area (Å²) < 4.78 is 24.7. The topological polar surface area (TPSA) is 95.4 Å². The van der Waals surface area contributed by atoms with Gasteiger partial charge in [0.05, 0.1) is 12.4 Å². The molecule has 0 unspecified atom stereocenters. The Hall–Kier alpha value is -1.27. The molecule has 0 aromatic heterocycles. The van der Waals surface area contributed by atoms with Gasteiger partial charge in [-0.3, -0.25) is 4.18 Å². The van der Waals surface area contributed by atoms with Gasteiger partial charge in [0.25, 0.3) is 10.1 Å². The van der Waals surface area contributed by atoms with Crippen molar-refractivity contribution in [3.05, 3.63) is 24.3 Å². The first-order chi connectivity index (χ1) is 6.99. The summed E-state index contributed by atoms with van der Waals surface area (Å²) in [5.41, 5.74) is 12.2. The fourth-order valence-corrected chi connectivity index (χ4v) is 1.94. The van der Waals surface area contributed by atoms with Crippen LogP contribution < -0.4 is 11.5 Å². The standard InChI is InChI=1S/C6H8N2.C3H6O3S/c7-5-1-2-6(8)4-3-5;4-7(5)3-1-2-6-7/h1-4H,7-8H2;1-3H2. The zero-order valence-corrected chi connectivity index (χ0v) is 9.03. The molecule has 1 fully saturated rings. The van der Waals surface area contributed by atoms with E-state index in [1.165, 1.54) is 0 Å². The highest BCUT2D eigenvalue weighted by Crippen LogP contribution is 2.05. The third-order valence-electron chi connectivity index (χ3n) is 1.74. The largest absolute Gasteiger partial charge is 0.399 e. The van der Waals surface area contributed by atoms with Gasteiger partial charge in [-0.05, 0) is 30.7 Å². The van der Waals surface area contributed by atoms with Crippen molar-refractivity contribution in [1.82, 2.24) is 0 Å². The van der Waals surface area contributed by atoms with Crippen LogP contribution in [-0.4, -0.2) is 20.8 Å². The van der Waals surface area contributed by atoms with Crippen molar-refractivity contribution in [2.24, 2.45) is 0 Å². The summed E-state index contributed by atoms with van der Waals surface area (Å²) >= 11 is 0. The maximum Gasteiger partial charge on any atom is 0.267 e. The van der Waals surface area contributed by atoms with E-state index in [2.05, 4.69) is 4.18 Å². The normalized spacial score (nSPS) is 17.9. The van der Waals surface area contributed by atoms with E-state index in [0.29, 0.717) is 13.0 Å². The summed E-state index contributed by atoms with van der Waals surface area (Å²) in [5.74, 6) is 0.201. The Labute approximate surface area is 89.2 Å². The fraction of sp³-hybridized carbons (Fsp3) is 0.333. The van der Waals surface area contributed by atoms with Crippen LogP contribution in [0.15, 0.2) is 24.3 Å². The molecule has 15 heavy (non-hydrogen) atoms. The van der Waals surface area contributed by atoms with E-state index < -0.39 is 10.1 Å². The first-order valence-corrected chi connectivity index (χ1v) is 6.05. The van der Waals surface area contributed by atoms with Crippen LogP contribution >= 0.6 is 0 Å². The van der Waals surface area contributed by atoms with Crippen LogP contribution in [0.5, 0.6) is 0 Å². The minimum atomic E-state index is -3.05. The molecule has 2 rings (SSSR count). The minimum Gasteiger partial charge on any atom is -0.399 e. The average molecular weight is 230 g/mol. The lowest BCUT2D eigenvalue weighted by Gasteiger charge is -1.90. The van der Waals surface area contributed by atoms with Crippen molar-refractivity contribution in [3.63, 3.8) is 0 Å². The Morgan fingerprint density at radius 1 is 1.07 bits per heavy atom. The zero-order chi connectivity index (χ0) is 11.3. The molecule has 0 amide bonds. The molecular weight excluding hydrogens is 216 g/mol. The molecule has 0 atom stereocenters. The summed E-state index contributed by atoms with van der Waals surface area (Å²) in [4.78, 5) is 0. The monoisotopic (exact) mass is 230 g/mol. The fourth-order valence-electron chi connectivity index (χ4n) is 0.977. The molecule has 1 aromatic rings. The Bertz CT molecular complexity index is 367. The SMILES string of the molecule is Nc1ccc(N)cc1.O=S1(=O)CCCO1. The van der Waals surface area contributed by atoms with Crippen LogP contribution in [0.4, 0.5) is 11.4 Å². The molecule has 84 valence electrons. The summed E-state index contributed by atoms with van der Waals surface area (Å²) in [6, 6.07) is 7.09. The molecule has 5 nitrogen and oxygen atoms in total. The number of hydrogen-bond donors (Lipinski definition) is 2. The maximum absolute atomic E-state index is 10.2. The molecule has 0 saturated carbocycles. The second-order valence-corrected chi connectivity index (χ2v) is 4.86. The van der Waals surface area contributed by atoms with Crippen LogP contribution in [0, 0.1) is 0 Å². The van der Waals surface area contributed by atoms with Crippen LogP contribution in [-0.2, 0) is 14.3 Å². The van der Waals surface area contributed by atoms with Crippen LogP contribution in [0.1, 0.15) is 6.42 Å². The van der Waals surface area contributed by atoms with Crippen LogP contribution in [0.3, 0.4) is 0 Å². The first kappa shape index (κ1) is 11.8. The smallest absolute Gasteiger partial charge is 0.267 e. The number of benzene rings is 1. The van der Waals surface area contributed by atoms with Crippen molar-refractivity contribution >= 4 is 21.5 Å². The highest BCUT2D eigenvalue weighted by Gasteiger charge is 2.16. The quantitative estimate of drug-likeness (QED) is 0.502. The Morgan fingerprint density at radius 2 is 1.53 bits per heavy atom. The lowest BCUT2D eigenvalue weighted by molar-refractivity contribution is 0.354. The molecular formula is C9H14N2O3S. The Balaban J connectivity index is 0.000000151. The van der Waals surface area contributed by atoms with Crippen LogP contribution in [0.25, 0.3) is 0 Å². The third kappa shape index (κ3) is 4.66. The van der Waals surface area contributed by atoms with Crippen molar-refractivity contribution in [3.8, 4) is 0 Å². The Kier molecular flexibility index (Phi) is 3.93. The molecule has 0 aliphatic carbocycles. The van der Waals surface area contributed by atoms with Gasteiger partial charge >= 0.3 is 0 Å². The van der Waals surface area contributed by atoms with Crippen molar-refractivity contribution in [1.29, 1.82) is 0 Å². The molecule has 0 radical (unpaired) electrons. The van der Waals surface area contributed by atoms with Crippen molar-refractivity contribution in [2.45, 2.75) is 6.42 Å². The molecule has 4 N–H and O–H groups in total. The molecule has 0 bridgehead atoms. The van der Waals surface area contributed by atoms with E-state index in [-0.39, 0.29) is 5.75 Å². The van der Waals surface area contributed by atoms with E-state index in [0.717, 1.165) is 11.4 Å². The number of nitrogen functional groups attached to an aromatic ring is 2. The Morgan fingerprint density at radius 3 is 1.73 bits per heavy atom. The average Bonchev–Trinajstić information content (AvgIpc) is 2.57. The highest BCUT2D eigenvalue weighted by atomic mass is 32.2. The predicted octanol–water partition coefficient (Wildman–Crippen LogP) is 0.587. The van der Waals surface area contributed by atoms with Gasteiger partial charge in [-0.1, -0.05) is 0 Å². The van der Waals surface area contributed by atoms with E-state index in [9.17, 15) is 8.42 Å². The van der Waals surface area contributed by atoms with Crippen molar-refractivity contribution in [2.75, 3.05) is 23.8 Å². The summed E-state index contributed by atoms with van der Waals surface area (Å²) in [6.45, 7) is 0.377. The molecule has 1 heterocycles. The number of anilines is 2. The molecule has 6 heteroatoms. The summed E-state index contributed by atoms with van der Waals surface area (Å²) in [7, 11) is -3.05. The van der Waals surface area contributed by atoms with E-state index in [1.807, 2.05) is 0 Å². The molecule has 0 spiro atoms. The second kappa shape index (κ2) is 4.99. The number of nitrogens with two attached hydrogens (primary N) is 2. The van der Waals surface area contributed by atoms with Gasteiger partial charge in [0.1, 0.15) is 0 Å². The predicted molar refractivity (Wildman–Crippen MR) is 59.6 cm³/mol. The highest BCUT2D eigenvalue weighted by molar-refractivity contribution is 7.86. The zero-order valence-electron chi connectivity index (χ0n) is 8.22. The van der Waals surface area contributed by atoms with E-state index >= 15 is 0 Å². The summed E-state index contributed by atoms with van der Waals surface area (Å²) in [5, 5.41) is 0. The van der Waals surface area contributed by atoms with Gasteiger partial charge < -0.3 is 11.5 Å². The molecule has 1 aliphatic heterocycles. The molecule has 1 aliphatic rings.